The molecule has 1 aromatic carbocycles. The maximum absolute atomic E-state index is 14.1. The zero-order chi connectivity index (χ0) is 19.1. The van der Waals surface area contributed by atoms with E-state index in [1.807, 2.05) is 0 Å². The summed E-state index contributed by atoms with van der Waals surface area (Å²) in [6.07, 6.45) is -4.71. The lowest BCUT2D eigenvalue weighted by Crippen LogP contribution is -2.36. The molecule has 1 aromatic heterocycles. The number of aromatic nitrogens is 2. The highest BCUT2D eigenvalue weighted by Crippen LogP contribution is 2.32. The van der Waals surface area contributed by atoms with Gasteiger partial charge in [0.1, 0.15) is 11.9 Å². The van der Waals surface area contributed by atoms with Crippen molar-refractivity contribution in [3.63, 3.8) is 0 Å². The van der Waals surface area contributed by atoms with Crippen molar-refractivity contribution in [2.24, 2.45) is 0 Å². The Morgan fingerprint density at radius 3 is 2.58 bits per heavy atom. The minimum atomic E-state index is -4.94. The molecule has 0 bridgehead atoms. The Morgan fingerprint density at radius 2 is 2.00 bits per heavy atom. The molecule has 2 heterocycles. The third kappa shape index (κ3) is 3.48. The van der Waals surface area contributed by atoms with E-state index in [-0.39, 0.29) is 18.7 Å². The molecular weight excluding hydrogens is 369 g/mol. The lowest BCUT2D eigenvalue weighted by atomic mass is 10.2. The Kier molecular flexibility index (Phi) is 4.34. The fraction of sp³-hybridized carbons (Fsp3) is 0.286. The number of carbonyl (C=O) groups is 2. The molecule has 1 amide bonds. The minimum Gasteiger partial charge on any atom is -0.422 e. The third-order valence-electron chi connectivity index (χ3n) is 3.42. The molecule has 0 spiro atoms. The van der Waals surface area contributed by atoms with Crippen molar-refractivity contribution in [3.05, 3.63) is 29.7 Å². The largest absolute Gasteiger partial charge is 0.471 e. The van der Waals surface area contributed by atoms with Gasteiger partial charge in [-0.25, -0.2) is 13.6 Å². The van der Waals surface area contributed by atoms with Crippen LogP contribution in [0.15, 0.2) is 16.7 Å². The predicted octanol–water partition coefficient (Wildman–Crippen LogP) is 2.22. The van der Waals surface area contributed by atoms with Crippen LogP contribution in [0.2, 0.25) is 0 Å². The molecular formula is C14H8F5N3O4. The number of carbonyl (C=O) groups excluding carboxylic acids is 2. The smallest absolute Gasteiger partial charge is 0.422 e. The van der Waals surface area contributed by atoms with E-state index in [1.54, 1.807) is 0 Å². The predicted molar refractivity (Wildman–Crippen MR) is 71.5 cm³/mol. The lowest BCUT2D eigenvalue weighted by molar-refractivity contribution is -0.159. The summed E-state index contributed by atoms with van der Waals surface area (Å²) < 4.78 is 74.1. The lowest BCUT2D eigenvalue weighted by Gasteiger charge is -2.11. The fourth-order valence-electron chi connectivity index (χ4n) is 2.20. The Hall–Kier alpha value is -3.05. The standard InChI is InChI=1S/C14H8F5N3O4/c15-6-4-9(25-12(24)8-1-2-10(23)20-8)7(16)3-5(6)11-21-13(26-22-11)14(17,18)19/h3-4,8H,1-2H2,(H,20,23)/t8-/m0/s1. The quantitative estimate of drug-likeness (QED) is 0.501. The van der Waals surface area contributed by atoms with Crippen molar-refractivity contribution >= 4 is 11.9 Å². The van der Waals surface area contributed by atoms with Gasteiger partial charge in [0.25, 0.3) is 0 Å². The molecule has 1 saturated heterocycles. The van der Waals surface area contributed by atoms with E-state index in [0.29, 0.717) is 12.1 Å². The van der Waals surface area contributed by atoms with Crippen LogP contribution < -0.4 is 10.1 Å². The van der Waals surface area contributed by atoms with Crippen LogP contribution in [0, 0.1) is 11.6 Å². The molecule has 2 aromatic rings. The van der Waals surface area contributed by atoms with Crippen LogP contribution >= 0.6 is 0 Å². The monoisotopic (exact) mass is 377 g/mol. The first-order chi connectivity index (χ1) is 12.1. The average Bonchev–Trinajstić information content (AvgIpc) is 3.19. The number of ether oxygens (including phenoxy) is 1. The Labute approximate surface area is 141 Å². The number of alkyl halides is 3. The number of hydrogen-bond acceptors (Lipinski definition) is 6. The molecule has 1 N–H and O–H groups in total. The summed E-state index contributed by atoms with van der Waals surface area (Å²) in [5, 5.41) is 5.24. The molecule has 0 radical (unpaired) electrons. The molecule has 1 aliphatic rings. The minimum absolute atomic E-state index is 0.0922. The number of benzene rings is 1. The van der Waals surface area contributed by atoms with Crippen LogP contribution in [0.5, 0.6) is 5.75 Å². The van der Waals surface area contributed by atoms with E-state index >= 15 is 0 Å². The van der Waals surface area contributed by atoms with E-state index < -0.39 is 52.8 Å². The molecule has 0 aliphatic carbocycles. The fourth-order valence-corrected chi connectivity index (χ4v) is 2.20. The van der Waals surface area contributed by atoms with Gasteiger partial charge in [-0.15, -0.1) is 0 Å². The molecule has 138 valence electrons. The van der Waals surface area contributed by atoms with E-state index in [2.05, 4.69) is 20.0 Å². The second kappa shape index (κ2) is 6.35. The van der Waals surface area contributed by atoms with Crippen molar-refractivity contribution in [3.8, 4) is 17.1 Å². The van der Waals surface area contributed by atoms with Gasteiger partial charge in [-0.1, -0.05) is 5.16 Å². The van der Waals surface area contributed by atoms with Gasteiger partial charge in [-0.3, -0.25) is 4.79 Å². The maximum Gasteiger partial charge on any atom is 0.471 e. The summed E-state index contributed by atoms with van der Waals surface area (Å²) in [6.45, 7) is 0. The molecule has 1 atom stereocenters. The number of nitrogens with zero attached hydrogens (tertiary/aromatic N) is 2. The van der Waals surface area contributed by atoms with Crippen molar-refractivity contribution in [1.82, 2.24) is 15.5 Å². The number of amides is 1. The normalized spacial score (nSPS) is 17.3. The van der Waals surface area contributed by atoms with Crippen molar-refractivity contribution in [2.45, 2.75) is 25.1 Å². The number of rotatable bonds is 3. The van der Waals surface area contributed by atoms with Crippen LogP contribution in [-0.4, -0.2) is 28.1 Å². The summed E-state index contributed by atoms with van der Waals surface area (Å²) in [5.41, 5.74) is -0.712. The van der Waals surface area contributed by atoms with Gasteiger partial charge in [0.2, 0.25) is 11.7 Å². The summed E-state index contributed by atoms with van der Waals surface area (Å²) in [4.78, 5) is 25.8. The average molecular weight is 377 g/mol. The summed E-state index contributed by atoms with van der Waals surface area (Å²) in [6, 6.07) is -0.0599. The van der Waals surface area contributed by atoms with Crippen LogP contribution in [0.4, 0.5) is 22.0 Å². The number of halogens is 5. The highest BCUT2D eigenvalue weighted by Gasteiger charge is 2.39. The first-order valence-corrected chi connectivity index (χ1v) is 7.06. The number of esters is 1. The number of hydrogen-bond donors (Lipinski definition) is 1. The topological polar surface area (TPSA) is 94.3 Å². The van der Waals surface area contributed by atoms with Gasteiger partial charge in [-0.05, 0) is 12.5 Å². The zero-order valence-corrected chi connectivity index (χ0v) is 12.6. The van der Waals surface area contributed by atoms with Crippen LogP contribution in [-0.2, 0) is 15.8 Å². The van der Waals surface area contributed by atoms with Crippen molar-refractivity contribution in [1.29, 1.82) is 0 Å². The first kappa shape index (κ1) is 17.8. The molecule has 26 heavy (non-hydrogen) atoms. The SMILES string of the molecule is O=C1CC[C@@H](C(=O)Oc2cc(F)c(-c3noc(C(F)(F)F)n3)cc2F)N1. The second-order valence-corrected chi connectivity index (χ2v) is 5.26. The van der Waals surface area contributed by atoms with Gasteiger partial charge < -0.3 is 14.6 Å². The number of nitrogens with one attached hydrogen (secondary N) is 1. The van der Waals surface area contributed by atoms with Gasteiger partial charge in [0.05, 0.1) is 5.56 Å². The maximum atomic E-state index is 14.1. The van der Waals surface area contributed by atoms with Gasteiger partial charge >= 0.3 is 18.0 Å². The first-order valence-electron chi connectivity index (χ1n) is 7.06. The van der Waals surface area contributed by atoms with Gasteiger partial charge in [0.15, 0.2) is 11.6 Å². The van der Waals surface area contributed by atoms with Gasteiger partial charge in [-0.2, -0.15) is 18.2 Å². The van der Waals surface area contributed by atoms with Crippen molar-refractivity contribution in [2.75, 3.05) is 0 Å². The molecule has 7 nitrogen and oxygen atoms in total. The molecule has 12 heteroatoms. The molecule has 1 fully saturated rings. The van der Waals surface area contributed by atoms with Crippen LogP contribution in [0.1, 0.15) is 18.7 Å². The van der Waals surface area contributed by atoms with E-state index in [9.17, 15) is 31.5 Å². The third-order valence-corrected chi connectivity index (χ3v) is 3.42. The Balaban J connectivity index is 1.83. The van der Waals surface area contributed by atoms with E-state index in [1.165, 1.54) is 0 Å². The highest BCUT2D eigenvalue weighted by atomic mass is 19.4. The second-order valence-electron chi connectivity index (χ2n) is 5.26. The summed E-state index contributed by atoms with van der Waals surface area (Å²) in [7, 11) is 0. The molecule has 1 aliphatic heterocycles. The molecule has 3 rings (SSSR count). The van der Waals surface area contributed by atoms with E-state index in [0.717, 1.165) is 0 Å². The highest BCUT2D eigenvalue weighted by molar-refractivity contribution is 5.89. The summed E-state index contributed by atoms with van der Waals surface area (Å²) >= 11 is 0. The van der Waals surface area contributed by atoms with Crippen LogP contribution in [0.3, 0.4) is 0 Å². The van der Waals surface area contributed by atoms with Crippen LogP contribution in [0.25, 0.3) is 11.4 Å². The zero-order valence-electron chi connectivity index (χ0n) is 12.6. The Bertz CT molecular complexity index is 880. The van der Waals surface area contributed by atoms with Gasteiger partial charge in [0, 0.05) is 12.5 Å². The summed E-state index contributed by atoms with van der Waals surface area (Å²) in [5.74, 6) is -7.20. The molecule has 0 unspecified atom stereocenters. The van der Waals surface area contributed by atoms with Crippen molar-refractivity contribution < 1.29 is 40.8 Å². The molecule has 0 saturated carbocycles. The Morgan fingerprint density at radius 1 is 1.27 bits per heavy atom. The van der Waals surface area contributed by atoms with E-state index in [4.69, 9.17) is 4.74 Å².